The smallest absolute Gasteiger partial charge is 0.0525 e. The SMILES string of the molecule is Cc1ccc(Br)cc1NC1CCCc2sccc21. The van der Waals surface area contributed by atoms with Crippen LogP contribution in [0.1, 0.15) is 34.9 Å². The summed E-state index contributed by atoms with van der Waals surface area (Å²) in [4.78, 5) is 1.56. The number of nitrogens with one attached hydrogen (secondary N) is 1. The average molecular weight is 322 g/mol. The summed E-state index contributed by atoms with van der Waals surface area (Å²) in [5.41, 5.74) is 4.06. The van der Waals surface area contributed by atoms with Crippen LogP contribution in [0, 0.1) is 6.92 Å². The number of hydrogen-bond donors (Lipinski definition) is 1. The number of rotatable bonds is 2. The van der Waals surface area contributed by atoms with Crippen LogP contribution in [0.5, 0.6) is 0 Å². The van der Waals surface area contributed by atoms with E-state index in [0.29, 0.717) is 6.04 Å². The van der Waals surface area contributed by atoms with Crippen LogP contribution in [0.3, 0.4) is 0 Å². The maximum Gasteiger partial charge on any atom is 0.0525 e. The second-order valence-electron chi connectivity index (χ2n) is 4.85. The van der Waals surface area contributed by atoms with Crippen molar-refractivity contribution >= 4 is 33.0 Å². The first-order chi connectivity index (χ1) is 8.74. The third kappa shape index (κ3) is 2.34. The zero-order valence-electron chi connectivity index (χ0n) is 10.4. The standard InChI is InChI=1S/C15H16BrNS/c1-10-5-6-11(16)9-14(10)17-13-3-2-4-15-12(13)7-8-18-15/h5-9,13,17H,2-4H2,1H3. The van der Waals surface area contributed by atoms with Crippen LogP contribution in [0.4, 0.5) is 5.69 Å². The minimum Gasteiger partial charge on any atom is -0.378 e. The van der Waals surface area contributed by atoms with E-state index in [1.807, 2.05) is 11.3 Å². The number of benzene rings is 1. The van der Waals surface area contributed by atoms with Crippen molar-refractivity contribution in [1.29, 1.82) is 0 Å². The molecule has 1 unspecified atom stereocenters. The highest BCUT2D eigenvalue weighted by Crippen LogP contribution is 2.36. The third-order valence-electron chi connectivity index (χ3n) is 3.58. The minimum absolute atomic E-state index is 0.480. The molecule has 1 N–H and O–H groups in total. The minimum atomic E-state index is 0.480. The molecule has 94 valence electrons. The maximum atomic E-state index is 3.71. The number of hydrogen-bond acceptors (Lipinski definition) is 2. The monoisotopic (exact) mass is 321 g/mol. The van der Waals surface area contributed by atoms with Gasteiger partial charge >= 0.3 is 0 Å². The number of aryl methyl sites for hydroxylation is 2. The van der Waals surface area contributed by atoms with Gasteiger partial charge in [-0.1, -0.05) is 22.0 Å². The summed E-state index contributed by atoms with van der Waals surface area (Å²) in [6.45, 7) is 2.16. The molecule has 0 saturated carbocycles. The Morgan fingerprint density at radius 2 is 2.22 bits per heavy atom. The number of fused-ring (bicyclic) bond motifs is 1. The normalized spacial score (nSPS) is 18.4. The molecule has 0 aliphatic heterocycles. The Kier molecular flexibility index (Phi) is 3.44. The quantitative estimate of drug-likeness (QED) is 0.790. The lowest BCUT2D eigenvalue weighted by molar-refractivity contribution is 0.608. The summed E-state index contributed by atoms with van der Waals surface area (Å²) >= 11 is 5.45. The van der Waals surface area contributed by atoms with Gasteiger partial charge in [-0.15, -0.1) is 11.3 Å². The Labute approximate surface area is 120 Å². The van der Waals surface area contributed by atoms with Crippen LogP contribution < -0.4 is 5.32 Å². The van der Waals surface area contributed by atoms with Crippen molar-refractivity contribution in [2.24, 2.45) is 0 Å². The molecule has 1 nitrogen and oxygen atoms in total. The van der Waals surface area contributed by atoms with Crippen LogP contribution in [0.2, 0.25) is 0 Å². The molecular formula is C15H16BrNS. The Bertz CT molecular complexity index is 561. The van der Waals surface area contributed by atoms with Gasteiger partial charge in [-0.3, -0.25) is 0 Å². The first kappa shape index (κ1) is 12.2. The lowest BCUT2D eigenvalue weighted by Gasteiger charge is -2.25. The van der Waals surface area contributed by atoms with Gasteiger partial charge in [0.25, 0.3) is 0 Å². The fraction of sp³-hybridized carbons (Fsp3) is 0.333. The van der Waals surface area contributed by atoms with Gasteiger partial charge in [-0.2, -0.15) is 0 Å². The second kappa shape index (κ2) is 5.06. The topological polar surface area (TPSA) is 12.0 Å². The van der Waals surface area contributed by atoms with E-state index in [4.69, 9.17) is 0 Å². The predicted molar refractivity (Wildman–Crippen MR) is 82.5 cm³/mol. The molecule has 1 aromatic carbocycles. The van der Waals surface area contributed by atoms with Crippen LogP contribution >= 0.6 is 27.3 Å². The largest absolute Gasteiger partial charge is 0.378 e. The van der Waals surface area contributed by atoms with Crippen molar-refractivity contribution in [3.63, 3.8) is 0 Å². The first-order valence-electron chi connectivity index (χ1n) is 6.33. The predicted octanol–water partition coefficient (Wildman–Crippen LogP) is 5.31. The fourth-order valence-corrected chi connectivity index (χ4v) is 3.92. The van der Waals surface area contributed by atoms with E-state index in [9.17, 15) is 0 Å². The summed E-state index contributed by atoms with van der Waals surface area (Å²) in [6.07, 6.45) is 3.77. The van der Waals surface area contributed by atoms with E-state index in [1.54, 1.807) is 4.88 Å². The van der Waals surface area contributed by atoms with Gasteiger partial charge < -0.3 is 5.32 Å². The lowest BCUT2D eigenvalue weighted by atomic mass is 9.93. The highest BCUT2D eigenvalue weighted by atomic mass is 79.9. The van der Waals surface area contributed by atoms with Gasteiger partial charge in [0.2, 0.25) is 0 Å². The molecule has 1 heterocycles. The Hall–Kier alpha value is -0.800. The van der Waals surface area contributed by atoms with E-state index in [1.165, 1.54) is 36.1 Å². The van der Waals surface area contributed by atoms with E-state index >= 15 is 0 Å². The van der Waals surface area contributed by atoms with E-state index < -0.39 is 0 Å². The molecule has 0 saturated heterocycles. The molecule has 3 heteroatoms. The van der Waals surface area contributed by atoms with E-state index in [-0.39, 0.29) is 0 Å². The number of anilines is 1. The number of thiophene rings is 1. The fourth-order valence-electron chi connectivity index (χ4n) is 2.57. The zero-order chi connectivity index (χ0) is 12.5. The molecule has 2 aromatic rings. The molecule has 1 aliphatic rings. The molecule has 18 heavy (non-hydrogen) atoms. The molecular weight excluding hydrogens is 306 g/mol. The van der Waals surface area contributed by atoms with E-state index in [2.05, 4.69) is 57.8 Å². The third-order valence-corrected chi connectivity index (χ3v) is 5.07. The summed E-state index contributed by atoms with van der Waals surface area (Å²) in [6, 6.07) is 9.19. The van der Waals surface area contributed by atoms with Crippen molar-refractivity contribution in [2.75, 3.05) is 5.32 Å². The molecule has 0 bridgehead atoms. The molecule has 1 aromatic heterocycles. The molecule has 0 spiro atoms. The van der Waals surface area contributed by atoms with Gasteiger partial charge in [0.05, 0.1) is 6.04 Å². The Morgan fingerprint density at radius 3 is 3.11 bits per heavy atom. The molecule has 0 radical (unpaired) electrons. The Balaban J connectivity index is 1.88. The van der Waals surface area contributed by atoms with Crippen molar-refractivity contribution in [3.8, 4) is 0 Å². The van der Waals surface area contributed by atoms with Gasteiger partial charge in [0.1, 0.15) is 0 Å². The van der Waals surface area contributed by atoms with Crippen LogP contribution in [0.15, 0.2) is 34.1 Å². The van der Waals surface area contributed by atoms with Gasteiger partial charge in [0, 0.05) is 15.0 Å². The highest BCUT2D eigenvalue weighted by molar-refractivity contribution is 9.10. The summed E-state index contributed by atoms with van der Waals surface area (Å²) < 4.78 is 1.14. The van der Waals surface area contributed by atoms with Crippen LogP contribution in [-0.4, -0.2) is 0 Å². The van der Waals surface area contributed by atoms with Crippen molar-refractivity contribution in [3.05, 3.63) is 50.1 Å². The van der Waals surface area contributed by atoms with E-state index in [0.717, 1.165) is 4.47 Å². The van der Waals surface area contributed by atoms with Crippen molar-refractivity contribution in [1.82, 2.24) is 0 Å². The lowest BCUT2D eigenvalue weighted by Crippen LogP contribution is -2.16. The van der Waals surface area contributed by atoms with Crippen LogP contribution in [-0.2, 0) is 6.42 Å². The molecule has 0 amide bonds. The zero-order valence-corrected chi connectivity index (χ0v) is 12.8. The second-order valence-corrected chi connectivity index (χ2v) is 6.76. The highest BCUT2D eigenvalue weighted by Gasteiger charge is 2.21. The molecule has 1 aliphatic carbocycles. The van der Waals surface area contributed by atoms with Gasteiger partial charge in [-0.25, -0.2) is 0 Å². The molecule has 0 fully saturated rings. The van der Waals surface area contributed by atoms with Crippen molar-refractivity contribution in [2.45, 2.75) is 32.2 Å². The summed E-state index contributed by atoms with van der Waals surface area (Å²) in [7, 11) is 0. The summed E-state index contributed by atoms with van der Waals surface area (Å²) in [5.74, 6) is 0. The maximum absolute atomic E-state index is 3.71. The Morgan fingerprint density at radius 1 is 1.33 bits per heavy atom. The first-order valence-corrected chi connectivity index (χ1v) is 8.00. The molecule has 3 rings (SSSR count). The number of halogens is 1. The van der Waals surface area contributed by atoms with Crippen molar-refractivity contribution < 1.29 is 0 Å². The van der Waals surface area contributed by atoms with Crippen LogP contribution in [0.25, 0.3) is 0 Å². The molecule has 1 atom stereocenters. The van der Waals surface area contributed by atoms with Gasteiger partial charge in [-0.05, 0) is 60.9 Å². The average Bonchev–Trinajstić information content (AvgIpc) is 2.83. The van der Waals surface area contributed by atoms with Gasteiger partial charge in [0.15, 0.2) is 0 Å². The summed E-state index contributed by atoms with van der Waals surface area (Å²) in [5, 5.41) is 5.93.